The summed E-state index contributed by atoms with van der Waals surface area (Å²) in [5, 5.41) is 21.3. The van der Waals surface area contributed by atoms with Gasteiger partial charge in [0.1, 0.15) is 28.1 Å². The number of alkyl halides is 3. The van der Waals surface area contributed by atoms with E-state index in [9.17, 15) is 18.3 Å². The summed E-state index contributed by atoms with van der Waals surface area (Å²) in [6.45, 7) is 4.99. The Hall–Kier alpha value is -2.53. The van der Waals surface area contributed by atoms with E-state index in [0.717, 1.165) is 12.1 Å². The van der Waals surface area contributed by atoms with E-state index in [-0.39, 0.29) is 27.6 Å². The molecular formula is C14H11F3N2O2S. The summed E-state index contributed by atoms with van der Waals surface area (Å²) in [6.07, 6.45) is -4.77. The van der Waals surface area contributed by atoms with Crippen LogP contribution in [-0.2, 0) is 0 Å². The molecule has 0 spiro atoms. The van der Waals surface area contributed by atoms with Crippen LogP contribution in [0, 0.1) is 11.3 Å². The van der Waals surface area contributed by atoms with Crippen molar-refractivity contribution < 1.29 is 23.0 Å². The summed E-state index contributed by atoms with van der Waals surface area (Å²) in [6, 6.07) is 6.50. The number of nitriles is 1. The predicted molar refractivity (Wildman–Crippen MR) is 79.4 cm³/mol. The number of hydrogen-bond donors (Lipinski definition) is 2. The van der Waals surface area contributed by atoms with E-state index >= 15 is 0 Å². The van der Waals surface area contributed by atoms with Gasteiger partial charge in [-0.25, -0.2) is 0 Å². The van der Waals surface area contributed by atoms with Crippen LogP contribution in [0.4, 0.5) is 18.9 Å². The maximum absolute atomic E-state index is 12.0. The minimum absolute atomic E-state index is 0.0764. The van der Waals surface area contributed by atoms with Crippen LogP contribution in [-0.4, -0.2) is 16.5 Å². The van der Waals surface area contributed by atoms with Crippen molar-refractivity contribution in [3.8, 4) is 11.8 Å². The molecule has 0 heterocycles. The third kappa shape index (κ3) is 5.10. The average molecular weight is 328 g/mol. The fraction of sp³-hybridized carbons (Fsp3) is 0.143. The van der Waals surface area contributed by atoms with Crippen molar-refractivity contribution in [2.45, 2.75) is 13.3 Å². The SMILES string of the molecule is C=C(C)C(O)=C(C#N)C(=S)Nc1ccc(OC(F)(F)F)cc1. The van der Waals surface area contributed by atoms with Gasteiger partial charge in [-0.1, -0.05) is 18.8 Å². The number of ether oxygens (including phenoxy) is 1. The van der Waals surface area contributed by atoms with E-state index in [1.165, 1.54) is 19.1 Å². The van der Waals surface area contributed by atoms with E-state index in [0.29, 0.717) is 5.69 Å². The Morgan fingerprint density at radius 1 is 1.36 bits per heavy atom. The van der Waals surface area contributed by atoms with Crippen LogP contribution in [0.1, 0.15) is 6.92 Å². The standard InChI is InChI=1S/C14H11F3N2O2S/c1-8(2)12(20)11(7-18)13(22)19-9-3-5-10(6-4-9)21-14(15,16)17/h3-6,20H,1H2,2H3,(H,19,22). The van der Waals surface area contributed by atoms with Gasteiger partial charge in [-0.05, 0) is 36.8 Å². The highest BCUT2D eigenvalue weighted by molar-refractivity contribution is 7.81. The van der Waals surface area contributed by atoms with Gasteiger partial charge < -0.3 is 15.2 Å². The molecule has 0 radical (unpaired) electrons. The highest BCUT2D eigenvalue weighted by Crippen LogP contribution is 2.24. The molecule has 0 saturated heterocycles. The number of halogens is 3. The molecule has 0 atom stereocenters. The summed E-state index contributed by atoms with van der Waals surface area (Å²) >= 11 is 4.97. The molecule has 1 aromatic rings. The minimum Gasteiger partial charge on any atom is -0.506 e. The summed E-state index contributed by atoms with van der Waals surface area (Å²) in [7, 11) is 0. The van der Waals surface area contributed by atoms with Crippen LogP contribution in [0.5, 0.6) is 5.75 Å². The Morgan fingerprint density at radius 2 is 1.91 bits per heavy atom. The number of allylic oxidation sites excluding steroid dienone is 1. The zero-order valence-electron chi connectivity index (χ0n) is 11.4. The Labute approximate surface area is 130 Å². The van der Waals surface area contributed by atoms with Crippen LogP contribution in [0.25, 0.3) is 0 Å². The highest BCUT2D eigenvalue weighted by Gasteiger charge is 2.30. The van der Waals surface area contributed by atoms with Crippen LogP contribution >= 0.6 is 12.2 Å². The van der Waals surface area contributed by atoms with Crippen molar-refractivity contribution in [2.24, 2.45) is 0 Å². The number of thiocarbonyl (C=S) groups is 1. The van der Waals surface area contributed by atoms with Crippen molar-refractivity contribution in [3.63, 3.8) is 0 Å². The molecule has 0 aliphatic rings. The number of hydrogen-bond acceptors (Lipinski definition) is 4. The lowest BCUT2D eigenvalue weighted by Crippen LogP contribution is -2.17. The number of rotatable bonds is 4. The molecule has 0 aliphatic heterocycles. The molecule has 4 nitrogen and oxygen atoms in total. The van der Waals surface area contributed by atoms with E-state index in [2.05, 4.69) is 16.6 Å². The van der Waals surface area contributed by atoms with Crippen molar-refractivity contribution in [1.82, 2.24) is 0 Å². The predicted octanol–water partition coefficient (Wildman–Crippen LogP) is 4.24. The Morgan fingerprint density at radius 3 is 2.32 bits per heavy atom. The maximum Gasteiger partial charge on any atom is 0.573 e. The van der Waals surface area contributed by atoms with Crippen LogP contribution in [0.15, 0.2) is 47.7 Å². The molecule has 0 saturated carbocycles. The number of aliphatic hydroxyl groups excluding tert-OH is 1. The summed E-state index contributed by atoms with van der Waals surface area (Å²) in [5.41, 5.74) is 0.412. The van der Waals surface area contributed by atoms with Crippen LogP contribution in [0.3, 0.4) is 0 Å². The Kier molecular flexibility index (Phi) is 5.54. The topological polar surface area (TPSA) is 65.3 Å². The molecular weight excluding hydrogens is 317 g/mol. The molecule has 0 aliphatic carbocycles. The number of nitrogens with zero attached hydrogens (tertiary/aromatic N) is 1. The second-order valence-electron chi connectivity index (χ2n) is 4.14. The molecule has 116 valence electrons. The molecule has 22 heavy (non-hydrogen) atoms. The zero-order valence-corrected chi connectivity index (χ0v) is 12.2. The van der Waals surface area contributed by atoms with Gasteiger partial charge in [0.25, 0.3) is 0 Å². The first kappa shape index (κ1) is 17.5. The normalized spacial score (nSPS) is 12.0. The fourth-order valence-electron chi connectivity index (χ4n) is 1.36. The van der Waals surface area contributed by atoms with Crippen molar-refractivity contribution >= 4 is 22.9 Å². The summed E-state index contributed by atoms with van der Waals surface area (Å²) < 4.78 is 39.8. The average Bonchev–Trinajstić information content (AvgIpc) is 2.40. The van der Waals surface area contributed by atoms with E-state index in [1.807, 2.05) is 0 Å². The van der Waals surface area contributed by atoms with Gasteiger partial charge in [0.05, 0.1) is 0 Å². The molecule has 0 aromatic heterocycles. The molecule has 1 rings (SSSR count). The van der Waals surface area contributed by atoms with Gasteiger partial charge in [0.15, 0.2) is 0 Å². The molecule has 1 aromatic carbocycles. The second-order valence-corrected chi connectivity index (χ2v) is 4.55. The third-order valence-electron chi connectivity index (χ3n) is 2.33. The van der Waals surface area contributed by atoms with Gasteiger partial charge in [0, 0.05) is 5.69 Å². The first-order chi connectivity index (χ1) is 10.1. The molecule has 0 amide bonds. The van der Waals surface area contributed by atoms with Crippen LogP contribution in [0.2, 0.25) is 0 Å². The Balaban J connectivity index is 2.88. The van der Waals surface area contributed by atoms with E-state index < -0.39 is 6.36 Å². The van der Waals surface area contributed by atoms with Gasteiger partial charge in [-0.2, -0.15) is 5.26 Å². The first-order valence-corrected chi connectivity index (χ1v) is 6.21. The monoisotopic (exact) mass is 328 g/mol. The highest BCUT2D eigenvalue weighted by atomic mass is 32.1. The lowest BCUT2D eigenvalue weighted by molar-refractivity contribution is -0.274. The molecule has 2 N–H and O–H groups in total. The quantitative estimate of drug-likeness (QED) is 0.285. The zero-order chi connectivity index (χ0) is 16.9. The van der Waals surface area contributed by atoms with Crippen LogP contribution < -0.4 is 10.1 Å². The van der Waals surface area contributed by atoms with E-state index in [1.54, 1.807) is 6.07 Å². The van der Waals surface area contributed by atoms with Crippen molar-refractivity contribution in [1.29, 1.82) is 5.26 Å². The summed E-state index contributed by atoms with van der Waals surface area (Å²) in [4.78, 5) is -0.0764. The number of aliphatic hydroxyl groups is 1. The lowest BCUT2D eigenvalue weighted by Gasteiger charge is -2.11. The molecule has 0 fully saturated rings. The van der Waals surface area contributed by atoms with Crippen molar-refractivity contribution in [2.75, 3.05) is 5.32 Å². The van der Waals surface area contributed by atoms with Gasteiger partial charge in [-0.3, -0.25) is 0 Å². The maximum atomic E-state index is 12.0. The smallest absolute Gasteiger partial charge is 0.506 e. The van der Waals surface area contributed by atoms with Crippen molar-refractivity contribution in [3.05, 3.63) is 47.7 Å². The molecule has 0 unspecified atom stereocenters. The molecule has 8 heteroatoms. The largest absolute Gasteiger partial charge is 0.573 e. The van der Waals surface area contributed by atoms with Gasteiger partial charge in [-0.15, -0.1) is 13.2 Å². The van der Waals surface area contributed by atoms with E-state index in [4.69, 9.17) is 17.5 Å². The number of anilines is 1. The fourth-order valence-corrected chi connectivity index (χ4v) is 1.62. The second kappa shape index (κ2) is 6.95. The van der Waals surface area contributed by atoms with Gasteiger partial charge >= 0.3 is 6.36 Å². The minimum atomic E-state index is -4.77. The number of benzene rings is 1. The number of nitrogens with one attached hydrogen (secondary N) is 1. The first-order valence-electron chi connectivity index (χ1n) is 5.80. The third-order valence-corrected chi connectivity index (χ3v) is 2.63. The molecule has 0 bridgehead atoms. The van der Waals surface area contributed by atoms with Gasteiger partial charge in [0.2, 0.25) is 0 Å². The lowest BCUT2D eigenvalue weighted by atomic mass is 10.1. The summed E-state index contributed by atoms with van der Waals surface area (Å²) in [5.74, 6) is -0.734. The Bertz CT molecular complexity index is 658.